The molecule has 1 N–H and O–H groups in total. The van der Waals surface area contributed by atoms with E-state index in [9.17, 15) is 9.59 Å². The average Bonchev–Trinajstić information content (AvgIpc) is 3.22. The Bertz CT molecular complexity index is 1400. The van der Waals surface area contributed by atoms with Gasteiger partial charge in [0.25, 0.3) is 11.8 Å². The van der Waals surface area contributed by atoms with Gasteiger partial charge in [-0.1, -0.05) is 41.9 Å². The Labute approximate surface area is 206 Å². The number of halogens is 1. The van der Waals surface area contributed by atoms with Gasteiger partial charge in [-0.25, -0.2) is 0 Å². The number of benzene rings is 3. The van der Waals surface area contributed by atoms with Crippen LogP contribution >= 0.6 is 22.9 Å². The van der Waals surface area contributed by atoms with Crippen molar-refractivity contribution in [1.82, 2.24) is 0 Å². The Balaban J connectivity index is 1.43. The summed E-state index contributed by atoms with van der Waals surface area (Å²) < 4.78 is 5.27. The number of thiophene rings is 1. The minimum Gasteiger partial charge on any atom is -0.496 e. The highest BCUT2D eigenvalue weighted by Crippen LogP contribution is 2.35. The summed E-state index contributed by atoms with van der Waals surface area (Å²) in [5.41, 5.74) is 4.52. The maximum Gasteiger partial charge on any atom is 0.260 e. The Morgan fingerprint density at radius 3 is 2.59 bits per heavy atom. The molecule has 1 aromatic heterocycles. The van der Waals surface area contributed by atoms with Gasteiger partial charge in [-0.15, -0.1) is 11.3 Å². The fourth-order valence-corrected chi connectivity index (χ4v) is 5.30. The maximum atomic E-state index is 13.6. The van der Waals surface area contributed by atoms with Crippen molar-refractivity contribution in [2.45, 2.75) is 13.0 Å². The van der Waals surface area contributed by atoms with E-state index < -0.39 is 0 Å². The van der Waals surface area contributed by atoms with E-state index in [1.54, 1.807) is 58.7 Å². The third kappa shape index (κ3) is 4.18. The molecule has 170 valence electrons. The molecule has 0 saturated heterocycles. The maximum absolute atomic E-state index is 13.6. The number of carbonyl (C=O) groups is 2. The molecule has 0 saturated carbocycles. The van der Waals surface area contributed by atoms with Crippen LogP contribution in [0.2, 0.25) is 5.02 Å². The first-order valence-electron chi connectivity index (χ1n) is 10.7. The molecule has 3 aromatic carbocycles. The predicted octanol–water partition coefficient (Wildman–Crippen LogP) is 6.41. The second-order valence-corrected chi connectivity index (χ2v) is 9.32. The first kappa shape index (κ1) is 22.2. The third-order valence-electron chi connectivity index (χ3n) is 5.86. The van der Waals surface area contributed by atoms with Crippen LogP contribution in [-0.2, 0) is 13.0 Å². The molecule has 0 fully saturated rings. The first-order valence-corrected chi connectivity index (χ1v) is 12.0. The highest BCUT2D eigenvalue weighted by Gasteiger charge is 2.27. The standard InChI is InChI=1S/C27H21ClN2O3S/c1-33-24-9-5-3-7-21(24)26(31)29-19-10-11-20(22(28)15-19)27(32)30-16-25-18(12-13-34-25)14-17-6-2-4-8-23(17)30/h2-13,15H,14,16H2,1H3,(H,29,31). The fraction of sp³-hybridized carbons (Fsp3) is 0.111. The Hall–Kier alpha value is -3.61. The number of amides is 2. The van der Waals surface area contributed by atoms with Gasteiger partial charge < -0.3 is 15.0 Å². The molecule has 0 bridgehead atoms. The molecule has 0 aliphatic carbocycles. The third-order valence-corrected chi connectivity index (χ3v) is 7.12. The van der Waals surface area contributed by atoms with Crippen LogP contribution in [0.5, 0.6) is 5.75 Å². The van der Waals surface area contributed by atoms with Crippen molar-refractivity contribution < 1.29 is 14.3 Å². The highest BCUT2D eigenvalue weighted by molar-refractivity contribution is 7.10. The van der Waals surface area contributed by atoms with Gasteiger partial charge in [0, 0.05) is 22.7 Å². The quantitative estimate of drug-likeness (QED) is 0.361. The van der Waals surface area contributed by atoms with Crippen LogP contribution in [0.1, 0.15) is 36.7 Å². The number of nitrogens with zero attached hydrogens (tertiary/aromatic N) is 1. The predicted molar refractivity (Wildman–Crippen MR) is 136 cm³/mol. The molecule has 5 nitrogen and oxygen atoms in total. The zero-order valence-corrected chi connectivity index (χ0v) is 20.0. The summed E-state index contributed by atoms with van der Waals surface area (Å²) in [6.07, 6.45) is 0.792. The van der Waals surface area contributed by atoms with E-state index in [4.69, 9.17) is 16.3 Å². The lowest BCUT2D eigenvalue weighted by Gasteiger charge is -2.23. The fourth-order valence-electron chi connectivity index (χ4n) is 4.14. The number of nitrogens with one attached hydrogen (secondary N) is 1. The Morgan fingerprint density at radius 2 is 1.76 bits per heavy atom. The van der Waals surface area contributed by atoms with Crippen molar-refractivity contribution >= 4 is 46.1 Å². The van der Waals surface area contributed by atoms with E-state index >= 15 is 0 Å². The molecule has 2 amide bonds. The van der Waals surface area contributed by atoms with Gasteiger partial charge in [-0.3, -0.25) is 9.59 Å². The number of ether oxygens (including phenoxy) is 1. The minimum atomic E-state index is -0.320. The number of para-hydroxylation sites is 2. The number of methoxy groups -OCH3 is 1. The van der Waals surface area contributed by atoms with Crippen LogP contribution in [-0.4, -0.2) is 18.9 Å². The number of carbonyl (C=O) groups excluding carboxylic acids is 2. The lowest BCUT2D eigenvalue weighted by atomic mass is 10.1. The first-order chi connectivity index (χ1) is 16.5. The zero-order valence-electron chi connectivity index (χ0n) is 18.4. The van der Waals surface area contributed by atoms with Crippen molar-refractivity contribution in [1.29, 1.82) is 0 Å². The van der Waals surface area contributed by atoms with Crippen LogP contribution in [0.25, 0.3) is 0 Å². The van der Waals surface area contributed by atoms with E-state index in [-0.39, 0.29) is 16.8 Å². The van der Waals surface area contributed by atoms with Crippen molar-refractivity contribution in [3.8, 4) is 5.75 Å². The number of anilines is 2. The largest absolute Gasteiger partial charge is 0.496 e. The van der Waals surface area contributed by atoms with Gasteiger partial charge in [-0.05, 0) is 59.0 Å². The molecular formula is C27H21ClN2O3S. The van der Waals surface area contributed by atoms with Crippen LogP contribution in [0.15, 0.2) is 78.2 Å². The van der Waals surface area contributed by atoms with E-state index in [0.29, 0.717) is 29.1 Å². The molecule has 0 atom stereocenters. The molecule has 34 heavy (non-hydrogen) atoms. The summed E-state index contributed by atoms with van der Waals surface area (Å²) in [6.45, 7) is 0.492. The summed E-state index contributed by atoms with van der Waals surface area (Å²) in [5.74, 6) is -0.0220. The highest BCUT2D eigenvalue weighted by atomic mass is 35.5. The summed E-state index contributed by atoms with van der Waals surface area (Å²) >= 11 is 8.21. The van der Waals surface area contributed by atoms with E-state index in [1.807, 2.05) is 18.2 Å². The van der Waals surface area contributed by atoms with Crippen LogP contribution < -0.4 is 15.0 Å². The molecule has 1 aliphatic heterocycles. The number of fused-ring (bicyclic) bond motifs is 2. The van der Waals surface area contributed by atoms with Crippen LogP contribution in [0.3, 0.4) is 0 Å². The molecule has 7 heteroatoms. The second kappa shape index (κ2) is 9.33. The summed E-state index contributed by atoms with van der Waals surface area (Å²) in [4.78, 5) is 29.3. The Morgan fingerprint density at radius 1 is 0.971 bits per heavy atom. The molecular weight excluding hydrogens is 468 g/mol. The number of hydrogen-bond donors (Lipinski definition) is 1. The second-order valence-electron chi connectivity index (χ2n) is 7.91. The molecule has 5 rings (SSSR count). The van der Waals surface area contributed by atoms with Crippen molar-refractivity contribution in [3.05, 3.63) is 110 Å². The molecule has 2 heterocycles. The molecule has 0 spiro atoms. The van der Waals surface area contributed by atoms with Crippen molar-refractivity contribution in [2.75, 3.05) is 17.3 Å². The SMILES string of the molecule is COc1ccccc1C(=O)Nc1ccc(C(=O)N2Cc3sccc3Cc3ccccc32)c(Cl)c1. The Kier molecular flexibility index (Phi) is 6.09. The normalized spacial score (nSPS) is 12.4. The van der Waals surface area contributed by atoms with Gasteiger partial charge in [0.2, 0.25) is 0 Å². The average molecular weight is 489 g/mol. The van der Waals surface area contributed by atoms with Gasteiger partial charge in [-0.2, -0.15) is 0 Å². The van der Waals surface area contributed by atoms with E-state index in [2.05, 4.69) is 22.8 Å². The van der Waals surface area contributed by atoms with Crippen LogP contribution in [0, 0.1) is 0 Å². The lowest BCUT2D eigenvalue weighted by Crippen LogP contribution is -2.30. The summed E-state index contributed by atoms with van der Waals surface area (Å²) in [6, 6.07) is 22.0. The monoisotopic (exact) mass is 488 g/mol. The van der Waals surface area contributed by atoms with Crippen molar-refractivity contribution in [2.24, 2.45) is 0 Å². The molecule has 0 radical (unpaired) electrons. The molecule has 0 unspecified atom stereocenters. The van der Waals surface area contributed by atoms with Crippen molar-refractivity contribution in [3.63, 3.8) is 0 Å². The lowest BCUT2D eigenvalue weighted by molar-refractivity contribution is 0.0984. The minimum absolute atomic E-state index is 0.179. The molecule has 1 aliphatic rings. The van der Waals surface area contributed by atoms with Gasteiger partial charge in [0.05, 0.1) is 29.8 Å². The van der Waals surface area contributed by atoms with Crippen LogP contribution in [0.4, 0.5) is 11.4 Å². The summed E-state index contributed by atoms with van der Waals surface area (Å²) in [5, 5.41) is 5.16. The smallest absolute Gasteiger partial charge is 0.260 e. The topological polar surface area (TPSA) is 58.6 Å². The van der Waals surface area contributed by atoms with Gasteiger partial charge in [0.15, 0.2) is 0 Å². The van der Waals surface area contributed by atoms with E-state index in [0.717, 1.165) is 17.7 Å². The molecule has 4 aromatic rings. The van der Waals surface area contributed by atoms with Gasteiger partial charge in [0.1, 0.15) is 5.75 Å². The number of rotatable bonds is 4. The summed E-state index contributed by atoms with van der Waals surface area (Å²) in [7, 11) is 1.52. The zero-order chi connectivity index (χ0) is 23.7. The van der Waals surface area contributed by atoms with Gasteiger partial charge >= 0.3 is 0 Å². The van der Waals surface area contributed by atoms with E-state index in [1.165, 1.54) is 17.6 Å². The number of hydrogen-bond acceptors (Lipinski definition) is 4.